The van der Waals surface area contributed by atoms with Gasteiger partial charge in [-0.1, -0.05) is 6.42 Å². The van der Waals surface area contributed by atoms with Gasteiger partial charge in [-0.3, -0.25) is 0 Å². The summed E-state index contributed by atoms with van der Waals surface area (Å²) in [4.78, 5) is 0. The fourth-order valence-corrected chi connectivity index (χ4v) is 3.25. The van der Waals surface area contributed by atoms with Crippen LogP contribution in [0.4, 0.5) is 0 Å². The Labute approximate surface area is 106 Å². The Morgan fingerprint density at radius 3 is 2.88 bits per heavy atom. The molecule has 0 aromatic rings. The van der Waals surface area contributed by atoms with Crippen molar-refractivity contribution in [3.8, 4) is 0 Å². The van der Waals surface area contributed by atoms with Crippen LogP contribution in [0.3, 0.4) is 0 Å². The molecule has 1 saturated heterocycles. The highest BCUT2D eigenvalue weighted by molar-refractivity contribution is 4.84. The van der Waals surface area contributed by atoms with Crippen LogP contribution in [-0.4, -0.2) is 38.4 Å². The van der Waals surface area contributed by atoms with Crippen molar-refractivity contribution in [2.75, 3.05) is 20.2 Å². The van der Waals surface area contributed by atoms with Crippen LogP contribution >= 0.6 is 0 Å². The largest absolute Gasteiger partial charge is 0.380 e. The molecule has 0 aromatic carbocycles. The second-order valence-electron chi connectivity index (χ2n) is 5.55. The summed E-state index contributed by atoms with van der Waals surface area (Å²) < 4.78 is 5.50. The smallest absolute Gasteiger partial charge is 0.0724 e. The molecule has 0 radical (unpaired) electrons. The predicted molar refractivity (Wildman–Crippen MR) is 71.3 cm³/mol. The summed E-state index contributed by atoms with van der Waals surface area (Å²) in [7, 11) is 1.84. The van der Waals surface area contributed by atoms with Gasteiger partial charge in [0, 0.05) is 19.2 Å². The molecule has 1 aliphatic heterocycles. The zero-order chi connectivity index (χ0) is 11.9. The van der Waals surface area contributed by atoms with E-state index in [1.54, 1.807) is 0 Å². The molecule has 2 fully saturated rings. The highest BCUT2D eigenvalue weighted by Crippen LogP contribution is 2.21. The average molecular weight is 240 g/mol. The van der Waals surface area contributed by atoms with Crippen LogP contribution in [0, 0.1) is 0 Å². The van der Waals surface area contributed by atoms with Crippen LogP contribution in [0.5, 0.6) is 0 Å². The topological polar surface area (TPSA) is 33.3 Å². The molecule has 3 atom stereocenters. The second kappa shape index (κ2) is 7.34. The van der Waals surface area contributed by atoms with Gasteiger partial charge in [-0.25, -0.2) is 0 Å². The molecule has 1 saturated carbocycles. The Kier molecular flexibility index (Phi) is 5.75. The first-order valence-corrected chi connectivity index (χ1v) is 7.39. The van der Waals surface area contributed by atoms with Crippen LogP contribution in [0.25, 0.3) is 0 Å². The predicted octanol–water partition coefficient (Wildman–Crippen LogP) is 2.07. The average Bonchev–Trinajstić information content (AvgIpc) is 2.83. The Morgan fingerprint density at radius 2 is 2.12 bits per heavy atom. The van der Waals surface area contributed by atoms with Gasteiger partial charge in [0.15, 0.2) is 0 Å². The van der Waals surface area contributed by atoms with E-state index in [1.165, 1.54) is 57.9 Å². The van der Waals surface area contributed by atoms with Crippen molar-refractivity contribution >= 4 is 0 Å². The lowest BCUT2D eigenvalue weighted by Crippen LogP contribution is -2.38. The van der Waals surface area contributed by atoms with Crippen molar-refractivity contribution in [3.05, 3.63) is 0 Å². The van der Waals surface area contributed by atoms with Gasteiger partial charge in [0.25, 0.3) is 0 Å². The molecule has 1 heterocycles. The summed E-state index contributed by atoms with van der Waals surface area (Å²) in [6.07, 6.45) is 11.1. The van der Waals surface area contributed by atoms with Crippen molar-refractivity contribution in [2.45, 2.75) is 69.6 Å². The molecule has 0 bridgehead atoms. The van der Waals surface area contributed by atoms with Crippen molar-refractivity contribution < 1.29 is 4.74 Å². The van der Waals surface area contributed by atoms with Crippen molar-refractivity contribution in [3.63, 3.8) is 0 Å². The molecular formula is C14H28N2O. The normalized spacial score (nSPS) is 34.1. The number of hydrogen-bond acceptors (Lipinski definition) is 3. The molecule has 17 heavy (non-hydrogen) atoms. The lowest BCUT2D eigenvalue weighted by molar-refractivity contribution is 0.0851. The van der Waals surface area contributed by atoms with E-state index in [9.17, 15) is 0 Å². The Balaban J connectivity index is 1.53. The molecule has 100 valence electrons. The second-order valence-corrected chi connectivity index (χ2v) is 5.55. The fraction of sp³-hybridized carbons (Fsp3) is 1.00. The molecule has 0 spiro atoms. The molecule has 2 aliphatic rings. The molecule has 0 aromatic heterocycles. The summed E-state index contributed by atoms with van der Waals surface area (Å²) in [5.41, 5.74) is 0. The van der Waals surface area contributed by atoms with Crippen LogP contribution < -0.4 is 10.6 Å². The maximum atomic E-state index is 5.50. The number of hydrogen-bond donors (Lipinski definition) is 2. The van der Waals surface area contributed by atoms with E-state index in [-0.39, 0.29) is 0 Å². The van der Waals surface area contributed by atoms with Crippen molar-refractivity contribution in [1.29, 1.82) is 0 Å². The maximum absolute atomic E-state index is 5.50. The van der Waals surface area contributed by atoms with Crippen LogP contribution in [0.1, 0.15) is 51.4 Å². The number of nitrogens with one attached hydrogen (secondary N) is 2. The van der Waals surface area contributed by atoms with Crippen molar-refractivity contribution in [2.24, 2.45) is 0 Å². The highest BCUT2D eigenvalue weighted by Gasteiger charge is 2.26. The number of piperidine rings is 1. The Hall–Kier alpha value is -0.120. The van der Waals surface area contributed by atoms with Crippen LogP contribution in [0.15, 0.2) is 0 Å². The zero-order valence-corrected chi connectivity index (χ0v) is 11.2. The van der Waals surface area contributed by atoms with Gasteiger partial charge >= 0.3 is 0 Å². The third-order valence-corrected chi connectivity index (χ3v) is 4.30. The minimum Gasteiger partial charge on any atom is -0.380 e. The number of methoxy groups -OCH3 is 1. The first kappa shape index (κ1) is 13.3. The number of ether oxygens (including phenoxy) is 1. The summed E-state index contributed by atoms with van der Waals surface area (Å²) >= 11 is 0. The van der Waals surface area contributed by atoms with Gasteiger partial charge in [0.2, 0.25) is 0 Å². The molecule has 3 heteroatoms. The van der Waals surface area contributed by atoms with Crippen LogP contribution in [0.2, 0.25) is 0 Å². The van der Waals surface area contributed by atoms with Crippen molar-refractivity contribution in [1.82, 2.24) is 10.6 Å². The Bertz CT molecular complexity index is 204. The quantitative estimate of drug-likeness (QED) is 0.697. The standard InChI is InChI=1S/C14H28N2O/c1-17-14-9-4-8-13(14)16-11-5-7-12-6-2-3-10-15-12/h12-16H,2-11H2,1H3. The molecule has 2 rings (SSSR count). The first-order valence-electron chi connectivity index (χ1n) is 7.39. The monoisotopic (exact) mass is 240 g/mol. The van der Waals surface area contributed by atoms with E-state index >= 15 is 0 Å². The van der Waals surface area contributed by atoms with E-state index < -0.39 is 0 Å². The third kappa shape index (κ3) is 4.23. The van der Waals surface area contributed by atoms with E-state index in [2.05, 4.69) is 10.6 Å². The van der Waals surface area contributed by atoms with E-state index in [4.69, 9.17) is 4.74 Å². The lowest BCUT2D eigenvalue weighted by atomic mass is 10.0. The maximum Gasteiger partial charge on any atom is 0.0724 e. The summed E-state index contributed by atoms with van der Waals surface area (Å²) in [6, 6.07) is 1.40. The molecule has 1 aliphatic carbocycles. The third-order valence-electron chi connectivity index (χ3n) is 4.30. The zero-order valence-electron chi connectivity index (χ0n) is 11.2. The molecule has 3 nitrogen and oxygen atoms in total. The molecular weight excluding hydrogens is 212 g/mol. The molecule has 0 amide bonds. The van der Waals surface area contributed by atoms with Gasteiger partial charge in [-0.05, 0) is 58.0 Å². The minimum absolute atomic E-state index is 0.461. The van der Waals surface area contributed by atoms with Gasteiger partial charge in [0.1, 0.15) is 0 Å². The summed E-state index contributed by atoms with van der Waals surface area (Å²) in [5.74, 6) is 0. The van der Waals surface area contributed by atoms with Gasteiger partial charge in [-0.2, -0.15) is 0 Å². The molecule has 2 N–H and O–H groups in total. The summed E-state index contributed by atoms with van der Waals surface area (Å²) in [6.45, 7) is 2.38. The van der Waals surface area contributed by atoms with Crippen LogP contribution in [-0.2, 0) is 4.74 Å². The van der Waals surface area contributed by atoms with E-state index in [0.29, 0.717) is 12.1 Å². The Morgan fingerprint density at radius 1 is 1.18 bits per heavy atom. The van der Waals surface area contributed by atoms with Gasteiger partial charge in [0.05, 0.1) is 6.10 Å². The summed E-state index contributed by atoms with van der Waals surface area (Å²) in [5, 5.41) is 7.28. The number of rotatable bonds is 6. The molecule has 3 unspecified atom stereocenters. The first-order chi connectivity index (χ1) is 8.40. The van der Waals surface area contributed by atoms with Gasteiger partial charge in [-0.15, -0.1) is 0 Å². The van der Waals surface area contributed by atoms with E-state index in [0.717, 1.165) is 12.6 Å². The fourth-order valence-electron chi connectivity index (χ4n) is 3.25. The van der Waals surface area contributed by atoms with E-state index in [1.807, 2.05) is 7.11 Å². The van der Waals surface area contributed by atoms with Gasteiger partial charge < -0.3 is 15.4 Å². The SMILES string of the molecule is COC1CCCC1NCCCC1CCCCN1. The lowest BCUT2D eigenvalue weighted by Gasteiger charge is -2.24. The highest BCUT2D eigenvalue weighted by atomic mass is 16.5. The minimum atomic E-state index is 0.461.